The third-order valence-electron chi connectivity index (χ3n) is 4.55. The largest absolute Gasteiger partial charge is 0.343 e. The predicted molar refractivity (Wildman–Crippen MR) is 102 cm³/mol. The van der Waals surface area contributed by atoms with Crippen molar-refractivity contribution in [3.8, 4) is 0 Å². The molecule has 26 heavy (non-hydrogen) atoms. The number of thiophene rings is 1. The van der Waals surface area contributed by atoms with Gasteiger partial charge >= 0.3 is 0 Å². The van der Waals surface area contributed by atoms with Crippen LogP contribution in [-0.4, -0.2) is 38.4 Å². The Labute approximate surface area is 158 Å². The van der Waals surface area contributed by atoms with Crippen molar-refractivity contribution in [2.75, 3.05) is 13.1 Å². The predicted octanol–water partition coefficient (Wildman–Crippen LogP) is 2.11. The molecule has 0 aliphatic carbocycles. The average molecular weight is 394 g/mol. The first-order valence-corrected chi connectivity index (χ1v) is 11.0. The Hall–Kier alpha value is -1.74. The Balaban J connectivity index is 1.50. The number of sulfonamides is 1. The molecule has 2 aromatic rings. The number of hydrogen-bond acceptors (Lipinski definition) is 5. The van der Waals surface area contributed by atoms with Crippen LogP contribution in [0.5, 0.6) is 0 Å². The minimum Gasteiger partial charge on any atom is -0.343 e. The van der Waals surface area contributed by atoms with Gasteiger partial charge in [0.25, 0.3) is 0 Å². The lowest BCUT2D eigenvalue weighted by molar-refractivity contribution is -0.132. The van der Waals surface area contributed by atoms with Crippen LogP contribution in [0.15, 0.2) is 52.1 Å². The molecule has 1 fully saturated rings. The first-order valence-electron chi connectivity index (χ1n) is 8.60. The lowest BCUT2D eigenvalue weighted by Gasteiger charge is -2.32. The van der Waals surface area contributed by atoms with Crippen molar-refractivity contribution in [3.05, 3.63) is 53.4 Å². The molecule has 1 aliphatic rings. The number of benzene rings is 1. The highest BCUT2D eigenvalue weighted by molar-refractivity contribution is 7.91. The number of nitrogens with two attached hydrogens (primary N) is 1. The van der Waals surface area contributed by atoms with Crippen molar-refractivity contribution < 1.29 is 13.2 Å². The van der Waals surface area contributed by atoms with Gasteiger partial charge in [0, 0.05) is 31.6 Å². The van der Waals surface area contributed by atoms with E-state index in [9.17, 15) is 13.2 Å². The number of carbonyl (C=O) groups is 1. The Morgan fingerprint density at radius 3 is 2.50 bits per heavy atom. The second kappa shape index (κ2) is 8.30. The van der Waals surface area contributed by atoms with Gasteiger partial charge in [0.1, 0.15) is 4.21 Å². The van der Waals surface area contributed by atoms with Crippen molar-refractivity contribution in [2.45, 2.75) is 35.6 Å². The molecule has 140 valence electrons. The smallest absolute Gasteiger partial charge is 0.250 e. The van der Waals surface area contributed by atoms with Crippen LogP contribution >= 0.6 is 11.3 Å². The van der Waals surface area contributed by atoms with E-state index in [0.717, 1.165) is 5.56 Å². The molecule has 1 aromatic heterocycles. The monoisotopic (exact) mass is 393 g/mol. The van der Waals surface area contributed by atoms with Crippen LogP contribution < -0.4 is 10.5 Å². The van der Waals surface area contributed by atoms with Gasteiger partial charge in [-0.25, -0.2) is 13.1 Å². The van der Waals surface area contributed by atoms with Gasteiger partial charge in [-0.2, -0.15) is 0 Å². The molecular weight excluding hydrogens is 370 g/mol. The SMILES string of the molecule is NC(CC(=O)N1CCC(NS(=O)(=O)c2cccs2)CC1)c1ccccc1. The third-order valence-corrected chi connectivity index (χ3v) is 7.47. The van der Waals surface area contributed by atoms with Gasteiger partial charge in [-0.3, -0.25) is 4.79 Å². The summed E-state index contributed by atoms with van der Waals surface area (Å²) in [5.74, 6) is 0.0147. The number of hydrogen-bond donors (Lipinski definition) is 2. The molecule has 1 unspecified atom stereocenters. The number of amides is 1. The van der Waals surface area contributed by atoms with Gasteiger partial charge in [0.15, 0.2) is 0 Å². The summed E-state index contributed by atoms with van der Waals surface area (Å²) < 4.78 is 27.6. The zero-order valence-corrected chi connectivity index (χ0v) is 16.0. The molecular formula is C18H23N3O3S2. The minimum atomic E-state index is -3.46. The number of likely N-dealkylation sites (tertiary alicyclic amines) is 1. The molecule has 3 rings (SSSR count). The molecule has 1 amide bonds. The van der Waals surface area contributed by atoms with Crippen molar-refractivity contribution in [1.29, 1.82) is 0 Å². The van der Waals surface area contributed by atoms with Gasteiger partial charge in [0.05, 0.1) is 0 Å². The highest BCUT2D eigenvalue weighted by Gasteiger charge is 2.27. The molecule has 0 bridgehead atoms. The Morgan fingerprint density at radius 2 is 1.88 bits per heavy atom. The lowest BCUT2D eigenvalue weighted by atomic mass is 10.0. The van der Waals surface area contributed by atoms with E-state index >= 15 is 0 Å². The molecule has 8 heteroatoms. The van der Waals surface area contributed by atoms with Crippen LogP contribution in [0.25, 0.3) is 0 Å². The van der Waals surface area contributed by atoms with Crippen molar-refractivity contribution in [2.24, 2.45) is 5.73 Å². The second-order valence-corrected chi connectivity index (χ2v) is 9.32. The summed E-state index contributed by atoms with van der Waals surface area (Å²) in [5.41, 5.74) is 7.07. The molecule has 2 heterocycles. The Bertz CT molecular complexity index is 815. The van der Waals surface area contributed by atoms with Gasteiger partial charge in [-0.05, 0) is 29.9 Å². The van der Waals surface area contributed by atoms with Crippen LogP contribution in [-0.2, 0) is 14.8 Å². The highest BCUT2D eigenvalue weighted by Crippen LogP contribution is 2.20. The minimum absolute atomic E-state index is 0.0147. The van der Waals surface area contributed by atoms with E-state index < -0.39 is 10.0 Å². The fourth-order valence-electron chi connectivity index (χ4n) is 3.08. The first-order chi connectivity index (χ1) is 12.5. The van der Waals surface area contributed by atoms with E-state index in [4.69, 9.17) is 5.73 Å². The maximum absolute atomic E-state index is 12.5. The first kappa shape index (κ1) is 19.0. The normalized spacial score (nSPS) is 17.2. The van der Waals surface area contributed by atoms with Crippen LogP contribution in [0.4, 0.5) is 0 Å². The molecule has 6 nitrogen and oxygen atoms in total. The summed E-state index contributed by atoms with van der Waals surface area (Å²) in [7, 11) is -3.46. The van der Waals surface area contributed by atoms with Gasteiger partial charge in [-0.15, -0.1) is 11.3 Å². The zero-order chi connectivity index (χ0) is 18.6. The lowest BCUT2D eigenvalue weighted by Crippen LogP contribution is -2.46. The quantitative estimate of drug-likeness (QED) is 0.786. The summed E-state index contributed by atoms with van der Waals surface area (Å²) in [5, 5.41) is 1.74. The number of piperidine rings is 1. The number of rotatable bonds is 6. The molecule has 1 aliphatic heterocycles. The van der Waals surface area contributed by atoms with E-state index in [1.165, 1.54) is 11.3 Å². The molecule has 0 saturated carbocycles. The van der Waals surface area contributed by atoms with E-state index in [1.807, 2.05) is 30.3 Å². The van der Waals surface area contributed by atoms with Gasteiger partial charge < -0.3 is 10.6 Å². The molecule has 0 radical (unpaired) electrons. The van der Waals surface area contributed by atoms with E-state index in [1.54, 1.807) is 22.4 Å². The Morgan fingerprint density at radius 1 is 1.19 bits per heavy atom. The molecule has 3 N–H and O–H groups in total. The van der Waals surface area contributed by atoms with Crippen LogP contribution in [0.3, 0.4) is 0 Å². The number of nitrogens with zero attached hydrogens (tertiary/aromatic N) is 1. The van der Waals surface area contributed by atoms with Crippen molar-refractivity contribution in [3.63, 3.8) is 0 Å². The summed E-state index contributed by atoms with van der Waals surface area (Å²) in [6, 6.07) is 12.4. The standard InChI is InChI=1S/C18H23N3O3S2/c19-16(14-5-2-1-3-6-14)13-17(22)21-10-8-15(9-11-21)20-26(23,24)18-7-4-12-25-18/h1-7,12,15-16,20H,8-11,13,19H2. The summed E-state index contributed by atoms with van der Waals surface area (Å²) in [6.45, 7) is 1.08. The van der Waals surface area contributed by atoms with Crippen LogP contribution in [0.2, 0.25) is 0 Å². The van der Waals surface area contributed by atoms with E-state index in [0.29, 0.717) is 30.1 Å². The summed E-state index contributed by atoms with van der Waals surface area (Å²) >= 11 is 1.20. The number of nitrogens with one attached hydrogen (secondary N) is 1. The van der Waals surface area contributed by atoms with Crippen LogP contribution in [0.1, 0.15) is 30.9 Å². The fraction of sp³-hybridized carbons (Fsp3) is 0.389. The molecule has 1 aromatic carbocycles. The molecule has 0 spiro atoms. The zero-order valence-electron chi connectivity index (χ0n) is 14.4. The maximum atomic E-state index is 12.5. The van der Waals surface area contributed by atoms with Gasteiger partial charge in [0.2, 0.25) is 15.9 Å². The molecule has 1 atom stereocenters. The maximum Gasteiger partial charge on any atom is 0.250 e. The van der Waals surface area contributed by atoms with Crippen LogP contribution in [0, 0.1) is 0 Å². The second-order valence-electron chi connectivity index (χ2n) is 6.43. The summed E-state index contributed by atoms with van der Waals surface area (Å²) in [6.07, 6.45) is 1.48. The van der Waals surface area contributed by atoms with Crippen molar-refractivity contribution >= 4 is 27.3 Å². The Kier molecular flexibility index (Phi) is 6.08. The summed E-state index contributed by atoms with van der Waals surface area (Å²) in [4.78, 5) is 14.2. The van der Waals surface area contributed by atoms with Gasteiger partial charge in [-0.1, -0.05) is 36.4 Å². The van der Waals surface area contributed by atoms with E-state index in [2.05, 4.69) is 4.72 Å². The fourth-order valence-corrected chi connectivity index (χ4v) is 5.39. The van der Waals surface area contributed by atoms with Crippen molar-refractivity contribution in [1.82, 2.24) is 9.62 Å². The number of carbonyl (C=O) groups excluding carboxylic acids is 1. The third kappa shape index (κ3) is 4.70. The highest BCUT2D eigenvalue weighted by atomic mass is 32.2. The van der Waals surface area contributed by atoms with E-state index in [-0.39, 0.29) is 24.4 Å². The topological polar surface area (TPSA) is 92.5 Å². The average Bonchev–Trinajstić information content (AvgIpc) is 3.18. The molecule has 1 saturated heterocycles.